The highest BCUT2D eigenvalue weighted by atomic mass is 16.5. The summed E-state index contributed by atoms with van der Waals surface area (Å²) in [4.78, 5) is 33.2. The standard InChI is InChI=1S/C37H32N4O4/c1-44-23-12-10-21(11-13-23)20-39-36(42)32-30-24-6-2-4-8-26(24)40-22-18-28(38-14-16-45-17-15-38)29(19-22)41-27-9-5-3-7-25(27)31(33(32)37(39)43)35(41)34(30)40/h2-13,22,28-29H,14-20H2,1H3/t22?,28-,29?/m0/s1. The molecule has 3 atom stereocenters. The summed E-state index contributed by atoms with van der Waals surface area (Å²) in [7, 11) is 1.63. The highest BCUT2D eigenvalue weighted by Crippen LogP contribution is 2.55. The number of morpholine rings is 1. The average molecular weight is 597 g/mol. The van der Waals surface area contributed by atoms with E-state index in [1.54, 1.807) is 7.11 Å². The Hall–Kier alpha value is -4.66. The molecule has 6 aromatic rings. The fourth-order valence-electron chi connectivity index (χ4n) is 9.08. The van der Waals surface area contributed by atoms with E-state index in [-0.39, 0.29) is 30.4 Å². The number of nitrogens with zero attached hydrogens (tertiary/aromatic N) is 4. The summed E-state index contributed by atoms with van der Waals surface area (Å²) in [6.07, 6.45) is 2.05. The summed E-state index contributed by atoms with van der Waals surface area (Å²) in [6.45, 7) is 3.60. The SMILES string of the molecule is COc1ccc(CN2C(=O)c3c(c4c5ccccc5n5c4c4c3c3ccccc3n4C3CC5[C@@H](N4CCOCC4)C3)C2=O)cc1. The van der Waals surface area contributed by atoms with Gasteiger partial charge in [-0.05, 0) is 42.7 Å². The Morgan fingerprint density at radius 3 is 1.96 bits per heavy atom. The van der Waals surface area contributed by atoms with E-state index in [1.165, 1.54) is 4.90 Å². The predicted octanol–water partition coefficient (Wildman–Crippen LogP) is 6.30. The van der Waals surface area contributed by atoms with E-state index in [4.69, 9.17) is 9.47 Å². The van der Waals surface area contributed by atoms with E-state index in [1.807, 2.05) is 30.3 Å². The molecule has 4 aliphatic rings. The van der Waals surface area contributed by atoms with Gasteiger partial charge in [0.15, 0.2) is 0 Å². The molecule has 0 radical (unpaired) electrons. The lowest BCUT2D eigenvalue weighted by atomic mass is 9.96. The first-order valence-corrected chi connectivity index (χ1v) is 16.0. The van der Waals surface area contributed by atoms with E-state index < -0.39 is 0 Å². The van der Waals surface area contributed by atoms with Crippen LogP contribution in [0.5, 0.6) is 5.75 Å². The van der Waals surface area contributed by atoms with Crippen LogP contribution in [0, 0.1) is 0 Å². The molecule has 5 heterocycles. The lowest BCUT2D eigenvalue weighted by molar-refractivity contribution is 0.00966. The van der Waals surface area contributed by atoms with Crippen LogP contribution in [0.15, 0.2) is 72.8 Å². The molecule has 10 rings (SSSR count). The quantitative estimate of drug-likeness (QED) is 0.224. The lowest BCUT2D eigenvalue weighted by Gasteiger charge is -2.37. The van der Waals surface area contributed by atoms with Gasteiger partial charge in [0.25, 0.3) is 11.8 Å². The fraction of sp³-hybridized carbons (Fsp3) is 0.297. The zero-order chi connectivity index (χ0) is 30.0. The number of amides is 2. The van der Waals surface area contributed by atoms with Crippen molar-refractivity contribution >= 4 is 55.4 Å². The van der Waals surface area contributed by atoms with Gasteiger partial charge >= 0.3 is 0 Å². The number of benzene rings is 4. The van der Waals surface area contributed by atoms with Crippen LogP contribution in [-0.2, 0) is 11.3 Å². The number of carbonyl (C=O) groups is 2. The fourth-order valence-corrected chi connectivity index (χ4v) is 9.08. The molecule has 1 saturated heterocycles. The molecular weight excluding hydrogens is 564 g/mol. The third-order valence-corrected chi connectivity index (χ3v) is 10.9. The van der Waals surface area contributed by atoms with Crippen molar-refractivity contribution in [1.29, 1.82) is 0 Å². The van der Waals surface area contributed by atoms with Gasteiger partial charge in [0.2, 0.25) is 0 Å². The van der Waals surface area contributed by atoms with Gasteiger partial charge in [-0.15, -0.1) is 0 Å². The van der Waals surface area contributed by atoms with Crippen LogP contribution in [0.1, 0.15) is 51.2 Å². The average Bonchev–Trinajstić information content (AvgIpc) is 3.78. The van der Waals surface area contributed by atoms with Gasteiger partial charge in [-0.1, -0.05) is 48.5 Å². The largest absolute Gasteiger partial charge is 0.497 e. The molecule has 2 amide bonds. The van der Waals surface area contributed by atoms with Crippen LogP contribution in [0.4, 0.5) is 0 Å². The van der Waals surface area contributed by atoms with Crippen molar-refractivity contribution in [3.63, 3.8) is 0 Å². The van der Waals surface area contributed by atoms with Gasteiger partial charge in [0.05, 0.1) is 55.1 Å². The molecule has 0 spiro atoms. The Balaban J connectivity index is 1.30. The summed E-state index contributed by atoms with van der Waals surface area (Å²) in [6, 6.07) is 25.4. The Morgan fingerprint density at radius 2 is 1.31 bits per heavy atom. The first kappa shape index (κ1) is 25.6. The van der Waals surface area contributed by atoms with Crippen molar-refractivity contribution in [3.05, 3.63) is 89.5 Å². The number of para-hydroxylation sites is 2. The van der Waals surface area contributed by atoms with Gasteiger partial charge in [0, 0.05) is 57.8 Å². The summed E-state index contributed by atoms with van der Waals surface area (Å²) in [5, 5.41) is 3.92. The van der Waals surface area contributed by atoms with Gasteiger partial charge in [0.1, 0.15) is 5.75 Å². The van der Waals surface area contributed by atoms with Crippen molar-refractivity contribution < 1.29 is 19.1 Å². The Bertz CT molecular complexity index is 2240. The van der Waals surface area contributed by atoms with E-state index in [0.29, 0.717) is 17.2 Å². The molecule has 8 heteroatoms. The second kappa shape index (κ2) is 9.19. The zero-order valence-electron chi connectivity index (χ0n) is 25.0. The minimum Gasteiger partial charge on any atom is -0.497 e. The molecule has 224 valence electrons. The molecule has 3 aliphatic heterocycles. The van der Waals surface area contributed by atoms with Crippen molar-refractivity contribution in [1.82, 2.24) is 18.9 Å². The molecule has 2 fully saturated rings. The van der Waals surface area contributed by atoms with E-state index in [9.17, 15) is 9.59 Å². The maximum absolute atomic E-state index is 14.6. The number of hydrogen-bond acceptors (Lipinski definition) is 5. The van der Waals surface area contributed by atoms with Crippen molar-refractivity contribution in [2.24, 2.45) is 0 Å². The van der Waals surface area contributed by atoms with E-state index >= 15 is 0 Å². The van der Waals surface area contributed by atoms with Crippen molar-refractivity contribution in [3.8, 4) is 5.75 Å². The maximum atomic E-state index is 14.6. The molecular formula is C37H32N4O4. The number of ether oxygens (including phenoxy) is 2. The highest BCUT2D eigenvalue weighted by Gasteiger charge is 2.48. The normalized spacial score (nSPS) is 22.9. The monoisotopic (exact) mass is 596 g/mol. The molecule has 2 bridgehead atoms. The topological polar surface area (TPSA) is 68.9 Å². The summed E-state index contributed by atoms with van der Waals surface area (Å²) in [5.74, 6) is 0.309. The summed E-state index contributed by atoms with van der Waals surface area (Å²) in [5.41, 5.74) is 6.46. The minimum absolute atomic E-state index is 0.209. The number of aromatic nitrogens is 2. The zero-order valence-corrected chi connectivity index (χ0v) is 25.0. The number of fused-ring (bicyclic) bond motifs is 13. The Morgan fingerprint density at radius 1 is 0.733 bits per heavy atom. The van der Waals surface area contributed by atoms with Crippen LogP contribution in [0.3, 0.4) is 0 Å². The van der Waals surface area contributed by atoms with Gasteiger partial charge < -0.3 is 18.6 Å². The number of methoxy groups -OCH3 is 1. The second-order valence-electron chi connectivity index (χ2n) is 12.9. The van der Waals surface area contributed by atoms with Gasteiger partial charge in [-0.2, -0.15) is 0 Å². The predicted molar refractivity (Wildman–Crippen MR) is 173 cm³/mol. The number of imide groups is 1. The molecule has 4 aromatic carbocycles. The summed E-state index contributed by atoms with van der Waals surface area (Å²) < 4.78 is 16.2. The first-order chi connectivity index (χ1) is 22.1. The molecule has 45 heavy (non-hydrogen) atoms. The van der Waals surface area contributed by atoms with Crippen LogP contribution >= 0.6 is 0 Å². The Kier molecular flexibility index (Phi) is 5.24. The van der Waals surface area contributed by atoms with Gasteiger partial charge in [-0.3, -0.25) is 19.4 Å². The molecule has 2 aromatic heterocycles. The first-order valence-electron chi connectivity index (χ1n) is 16.0. The van der Waals surface area contributed by atoms with Crippen molar-refractivity contribution in [2.75, 3.05) is 33.4 Å². The van der Waals surface area contributed by atoms with Gasteiger partial charge in [-0.25, -0.2) is 0 Å². The third kappa shape index (κ3) is 3.28. The minimum atomic E-state index is -0.216. The molecule has 8 nitrogen and oxygen atoms in total. The third-order valence-electron chi connectivity index (χ3n) is 10.9. The van der Waals surface area contributed by atoms with Crippen LogP contribution in [0.2, 0.25) is 0 Å². The number of carbonyl (C=O) groups excluding carboxylic acids is 2. The Labute approximate surface area is 259 Å². The number of rotatable bonds is 4. The number of hydrogen-bond donors (Lipinski definition) is 0. The smallest absolute Gasteiger partial charge is 0.262 e. The van der Waals surface area contributed by atoms with Crippen LogP contribution in [-0.4, -0.2) is 70.2 Å². The van der Waals surface area contributed by atoms with E-state index in [2.05, 4.69) is 56.5 Å². The van der Waals surface area contributed by atoms with E-state index in [0.717, 1.165) is 94.1 Å². The summed E-state index contributed by atoms with van der Waals surface area (Å²) >= 11 is 0. The molecule has 1 aliphatic carbocycles. The van der Waals surface area contributed by atoms with Crippen LogP contribution < -0.4 is 4.74 Å². The van der Waals surface area contributed by atoms with Crippen LogP contribution in [0.25, 0.3) is 43.6 Å². The maximum Gasteiger partial charge on any atom is 0.262 e. The lowest BCUT2D eigenvalue weighted by Crippen LogP contribution is -2.45. The molecule has 2 unspecified atom stereocenters. The molecule has 0 N–H and O–H groups in total. The highest BCUT2D eigenvalue weighted by molar-refractivity contribution is 6.39. The molecule has 1 saturated carbocycles. The second-order valence-corrected chi connectivity index (χ2v) is 12.9. The van der Waals surface area contributed by atoms with Crippen molar-refractivity contribution in [2.45, 2.75) is 37.5 Å².